The predicted molar refractivity (Wildman–Crippen MR) is 82.8 cm³/mol. The minimum absolute atomic E-state index is 0.0203. The fourth-order valence-corrected chi connectivity index (χ4v) is 2.52. The van der Waals surface area contributed by atoms with Gasteiger partial charge in [0.05, 0.1) is 4.99 Å². The van der Waals surface area contributed by atoms with Gasteiger partial charge in [0.25, 0.3) is 5.91 Å². The third-order valence-corrected chi connectivity index (χ3v) is 3.97. The van der Waals surface area contributed by atoms with Crippen LogP contribution in [0.15, 0.2) is 24.3 Å². The van der Waals surface area contributed by atoms with Crippen molar-refractivity contribution in [3.63, 3.8) is 0 Å². The van der Waals surface area contributed by atoms with Crippen LogP contribution >= 0.6 is 12.2 Å². The Hall–Kier alpha value is -1.62. The molecule has 0 spiro atoms. The van der Waals surface area contributed by atoms with Crippen molar-refractivity contribution in [1.82, 2.24) is 4.90 Å². The Bertz CT molecular complexity index is 479. The van der Waals surface area contributed by atoms with E-state index in [1.54, 1.807) is 0 Å². The van der Waals surface area contributed by atoms with Crippen LogP contribution < -0.4 is 10.5 Å². The van der Waals surface area contributed by atoms with Crippen molar-refractivity contribution < 1.29 is 9.53 Å². The van der Waals surface area contributed by atoms with Gasteiger partial charge >= 0.3 is 0 Å². The number of aryl methyl sites for hydroxylation is 1. The van der Waals surface area contributed by atoms with Gasteiger partial charge < -0.3 is 15.4 Å². The molecular formula is C15H20N2O2S. The van der Waals surface area contributed by atoms with Gasteiger partial charge in [0.2, 0.25) is 0 Å². The summed E-state index contributed by atoms with van der Waals surface area (Å²) in [5.41, 5.74) is 6.81. The lowest BCUT2D eigenvalue weighted by molar-refractivity contribution is -0.134. The fraction of sp³-hybridized carbons (Fsp3) is 0.467. The highest BCUT2D eigenvalue weighted by atomic mass is 32.1. The molecule has 108 valence electrons. The number of carbonyl (C=O) groups excluding carboxylic acids is 1. The van der Waals surface area contributed by atoms with E-state index in [0.29, 0.717) is 18.1 Å². The van der Waals surface area contributed by atoms with E-state index in [9.17, 15) is 4.79 Å². The predicted octanol–water partition coefficient (Wildman–Crippen LogP) is 1.90. The molecule has 1 aliphatic heterocycles. The Balaban J connectivity index is 1.78. The summed E-state index contributed by atoms with van der Waals surface area (Å²) in [6.07, 6.45) is 1.71. The number of amides is 1. The molecule has 0 saturated carbocycles. The van der Waals surface area contributed by atoms with Gasteiger partial charge in [-0.05, 0) is 31.9 Å². The first-order valence-electron chi connectivity index (χ1n) is 6.83. The molecule has 20 heavy (non-hydrogen) atoms. The summed E-state index contributed by atoms with van der Waals surface area (Å²) in [5.74, 6) is 1.01. The van der Waals surface area contributed by atoms with Crippen LogP contribution in [0.5, 0.6) is 5.75 Å². The first-order chi connectivity index (χ1) is 9.56. The van der Waals surface area contributed by atoms with E-state index in [0.717, 1.165) is 18.6 Å². The number of ether oxygens (including phenoxy) is 1. The van der Waals surface area contributed by atoms with Gasteiger partial charge in [0, 0.05) is 19.0 Å². The maximum Gasteiger partial charge on any atom is 0.260 e. The fourth-order valence-electron chi connectivity index (χ4n) is 2.28. The molecule has 0 unspecified atom stereocenters. The first kappa shape index (κ1) is 14.8. The number of thiocarbonyl (C=S) groups is 1. The van der Waals surface area contributed by atoms with Crippen molar-refractivity contribution in [3.8, 4) is 5.75 Å². The third-order valence-electron chi connectivity index (χ3n) is 3.63. The number of nitrogens with two attached hydrogens (primary N) is 1. The molecule has 2 N–H and O–H groups in total. The van der Waals surface area contributed by atoms with E-state index in [4.69, 9.17) is 22.7 Å². The van der Waals surface area contributed by atoms with Gasteiger partial charge in [-0.2, -0.15) is 0 Å². The smallest absolute Gasteiger partial charge is 0.260 e. The lowest BCUT2D eigenvalue weighted by Crippen LogP contribution is -2.43. The summed E-state index contributed by atoms with van der Waals surface area (Å²) in [6, 6.07) is 7.68. The van der Waals surface area contributed by atoms with Gasteiger partial charge in [-0.15, -0.1) is 0 Å². The minimum atomic E-state index is 0.0203. The molecule has 1 aliphatic rings. The molecule has 4 nitrogen and oxygen atoms in total. The summed E-state index contributed by atoms with van der Waals surface area (Å²) >= 11 is 5.00. The SMILES string of the molecule is Cc1ccc(OCC(=O)N2CCC(C(N)=S)CC2)cc1. The van der Waals surface area contributed by atoms with Crippen molar-refractivity contribution >= 4 is 23.1 Å². The van der Waals surface area contributed by atoms with Crippen LogP contribution in [-0.2, 0) is 4.79 Å². The molecular weight excluding hydrogens is 272 g/mol. The Labute approximate surface area is 124 Å². The average molecular weight is 292 g/mol. The number of benzene rings is 1. The first-order valence-corrected chi connectivity index (χ1v) is 7.23. The maximum absolute atomic E-state index is 12.1. The van der Waals surface area contributed by atoms with Crippen LogP contribution in [0.2, 0.25) is 0 Å². The highest BCUT2D eigenvalue weighted by Crippen LogP contribution is 2.18. The molecule has 1 heterocycles. The van der Waals surface area contributed by atoms with Gasteiger partial charge in [-0.25, -0.2) is 0 Å². The van der Waals surface area contributed by atoms with Crippen LogP contribution in [0.25, 0.3) is 0 Å². The van der Waals surface area contributed by atoms with Crippen LogP contribution in [-0.4, -0.2) is 35.5 Å². The second-order valence-electron chi connectivity index (χ2n) is 5.16. The second kappa shape index (κ2) is 6.70. The van der Waals surface area contributed by atoms with Crippen LogP contribution in [0.4, 0.5) is 0 Å². The number of likely N-dealkylation sites (tertiary alicyclic amines) is 1. The zero-order valence-corrected chi connectivity index (χ0v) is 12.5. The lowest BCUT2D eigenvalue weighted by atomic mass is 9.97. The normalized spacial score (nSPS) is 15.9. The molecule has 0 aliphatic carbocycles. The molecule has 1 amide bonds. The number of piperidine rings is 1. The summed E-state index contributed by atoms with van der Waals surface area (Å²) in [5, 5.41) is 0. The van der Waals surface area contributed by atoms with Gasteiger partial charge in [0.1, 0.15) is 5.75 Å². The molecule has 2 rings (SSSR count). The summed E-state index contributed by atoms with van der Waals surface area (Å²) in [6.45, 7) is 3.51. The Morgan fingerprint density at radius 1 is 1.35 bits per heavy atom. The molecule has 0 bridgehead atoms. The highest BCUT2D eigenvalue weighted by molar-refractivity contribution is 7.80. The Kier molecular flexibility index (Phi) is 4.95. The van der Waals surface area contributed by atoms with Crippen LogP contribution in [0.1, 0.15) is 18.4 Å². The number of hydrogen-bond acceptors (Lipinski definition) is 3. The van der Waals surface area contributed by atoms with Gasteiger partial charge in [-0.1, -0.05) is 29.9 Å². The molecule has 0 aromatic heterocycles. The van der Waals surface area contributed by atoms with E-state index >= 15 is 0 Å². The van der Waals surface area contributed by atoms with E-state index < -0.39 is 0 Å². The van der Waals surface area contributed by atoms with Crippen molar-refractivity contribution in [3.05, 3.63) is 29.8 Å². The Morgan fingerprint density at radius 3 is 2.50 bits per heavy atom. The molecule has 0 atom stereocenters. The molecule has 1 aromatic carbocycles. The van der Waals surface area contributed by atoms with Gasteiger partial charge in [0.15, 0.2) is 6.61 Å². The standard InChI is InChI=1S/C15H20N2O2S/c1-11-2-4-13(5-3-11)19-10-14(18)17-8-6-12(7-9-17)15(16)20/h2-5,12H,6-10H2,1H3,(H2,16,20). The van der Waals surface area contributed by atoms with Crippen LogP contribution in [0, 0.1) is 12.8 Å². The van der Waals surface area contributed by atoms with E-state index in [1.165, 1.54) is 5.56 Å². The molecule has 0 radical (unpaired) electrons. The Morgan fingerprint density at radius 2 is 1.95 bits per heavy atom. The van der Waals surface area contributed by atoms with Crippen molar-refractivity contribution in [2.24, 2.45) is 11.7 Å². The number of nitrogens with zero attached hydrogens (tertiary/aromatic N) is 1. The van der Waals surface area contributed by atoms with Crippen molar-refractivity contribution in [2.75, 3.05) is 19.7 Å². The zero-order chi connectivity index (χ0) is 14.5. The highest BCUT2D eigenvalue weighted by Gasteiger charge is 2.24. The monoisotopic (exact) mass is 292 g/mol. The molecule has 1 fully saturated rings. The largest absolute Gasteiger partial charge is 0.484 e. The van der Waals surface area contributed by atoms with Crippen molar-refractivity contribution in [1.29, 1.82) is 0 Å². The number of carbonyl (C=O) groups is 1. The number of hydrogen-bond donors (Lipinski definition) is 1. The average Bonchev–Trinajstić information content (AvgIpc) is 2.46. The van der Waals surface area contributed by atoms with Gasteiger partial charge in [-0.3, -0.25) is 4.79 Å². The van der Waals surface area contributed by atoms with E-state index in [-0.39, 0.29) is 18.4 Å². The quantitative estimate of drug-likeness (QED) is 0.861. The van der Waals surface area contributed by atoms with Crippen molar-refractivity contribution in [2.45, 2.75) is 19.8 Å². The van der Waals surface area contributed by atoms with E-state index in [1.807, 2.05) is 36.1 Å². The summed E-state index contributed by atoms with van der Waals surface area (Å²) in [7, 11) is 0. The molecule has 5 heteroatoms. The lowest BCUT2D eigenvalue weighted by Gasteiger charge is -2.31. The molecule has 1 saturated heterocycles. The zero-order valence-electron chi connectivity index (χ0n) is 11.7. The second-order valence-corrected chi connectivity index (χ2v) is 5.63. The summed E-state index contributed by atoms with van der Waals surface area (Å²) < 4.78 is 5.51. The summed E-state index contributed by atoms with van der Waals surface area (Å²) in [4.78, 5) is 14.4. The number of rotatable bonds is 4. The van der Waals surface area contributed by atoms with E-state index in [2.05, 4.69) is 0 Å². The third kappa shape index (κ3) is 3.93. The minimum Gasteiger partial charge on any atom is -0.484 e. The molecule has 1 aromatic rings. The van der Waals surface area contributed by atoms with Crippen LogP contribution in [0.3, 0.4) is 0 Å². The maximum atomic E-state index is 12.1. The topological polar surface area (TPSA) is 55.6 Å².